The summed E-state index contributed by atoms with van der Waals surface area (Å²) in [6.07, 6.45) is -4.29. The van der Waals surface area contributed by atoms with Crippen LogP contribution in [0.1, 0.15) is 30.7 Å². The van der Waals surface area contributed by atoms with Gasteiger partial charge in [0.2, 0.25) is 5.91 Å². The Kier molecular flexibility index (Phi) is 2.92. The van der Waals surface area contributed by atoms with E-state index in [1.165, 1.54) is 0 Å². The van der Waals surface area contributed by atoms with Gasteiger partial charge in [-0.15, -0.1) is 0 Å². The highest BCUT2D eigenvalue weighted by Crippen LogP contribution is 2.49. The number of carbonyl (C=O) groups excluding carboxylic acids is 1. The van der Waals surface area contributed by atoms with Gasteiger partial charge < -0.3 is 10.6 Å². The maximum atomic E-state index is 12.8. The third-order valence-electron chi connectivity index (χ3n) is 4.04. The number of hydrogen-bond donors (Lipinski definition) is 2. The molecule has 1 aromatic carbocycles. The molecule has 0 aromatic heterocycles. The van der Waals surface area contributed by atoms with Gasteiger partial charge >= 0.3 is 6.18 Å². The van der Waals surface area contributed by atoms with Gasteiger partial charge in [0.1, 0.15) is 5.54 Å². The van der Waals surface area contributed by atoms with Crippen molar-refractivity contribution >= 4 is 11.6 Å². The lowest BCUT2D eigenvalue weighted by molar-refractivity contribution is -0.170. The molecule has 0 radical (unpaired) electrons. The fourth-order valence-electron chi connectivity index (χ4n) is 2.69. The molecule has 2 N–H and O–H groups in total. The number of rotatable bonds is 3. The average Bonchev–Trinajstić information content (AvgIpc) is 3.06. The number of alkyl halides is 3. The van der Waals surface area contributed by atoms with Gasteiger partial charge in [-0.25, -0.2) is 0 Å². The van der Waals surface area contributed by atoms with E-state index in [0.717, 1.165) is 11.3 Å². The topological polar surface area (TPSA) is 41.1 Å². The van der Waals surface area contributed by atoms with Crippen molar-refractivity contribution in [2.24, 2.45) is 0 Å². The number of benzene rings is 1. The van der Waals surface area contributed by atoms with Crippen LogP contribution in [0.5, 0.6) is 0 Å². The summed E-state index contributed by atoms with van der Waals surface area (Å²) in [6, 6.07) is 7.57. The van der Waals surface area contributed by atoms with Crippen molar-refractivity contribution in [1.29, 1.82) is 0 Å². The van der Waals surface area contributed by atoms with E-state index in [1.54, 1.807) is 0 Å². The van der Waals surface area contributed by atoms with Crippen LogP contribution in [0.15, 0.2) is 24.3 Å². The third kappa shape index (κ3) is 2.23. The summed E-state index contributed by atoms with van der Waals surface area (Å²) in [5.74, 6) is -0.585. The number of hydrogen-bond acceptors (Lipinski definition) is 2. The normalized spacial score (nSPS) is 22.9. The highest BCUT2D eigenvalue weighted by Gasteiger charge is 2.64. The second-order valence-corrected chi connectivity index (χ2v) is 5.50. The number of nitrogens with one attached hydrogen (secondary N) is 2. The van der Waals surface area contributed by atoms with Gasteiger partial charge in [-0.1, -0.05) is 18.2 Å². The standard InChI is InChI=1S/C14H15F3N2O/c15-14(16,17)13(5-6-13)19-12(20)7-9-8-18-11-4-2-1-3-10(9)11/h1-4,9,18H,5-8H2,(H,19,20). The van der Waals surface area contributed by atoms with Crippen molar-refractivity contribution in [3.05, 3.63) is 29.8 Å². The lowest BCUT2D eigenvalue weighted by Gasteiger charge is -2.21. The first-order valence-electron chi connectivity index (χ1n) is 6.62. The molecule has 6 heteroatoms. The lowest BCUT2D eigenvalue weighted by atomic mass is 9.97. The molecule has 1 aliphatic heterocycles. The number of fused-ring (bicyclic) bond motifs is 1. The van der Waals surface area contributed by atoms with E-state index in [4.69, 9.17) is 0 Å². The molecule has 1 aromatic rings. The third-order valence-corrected chi connectivity index (χ3v) is 4.04. The molecule has 0 spiro atoms. The predicted molar refractivity (Wildman–Crippen MR) is 68.5 cm³/mol. The van der Waals surface area contributed by atoms with Crippen LogP contribution in [0, 0.1) is 0 Å². The van der Waals surface area contributed by atoms with Crippen LogP contribution in [0.3, 0.4) is 0 Å². The molecule has 3 rings (SSSR count). The Bertz CT molecular complexity index is 537. The molecule has 1 unspecified atom stereocenters. The van der Waals surface area contributed by atoms with E-state index in [0.29, 0.717) is 6.54 Å². The van der Waals surface area contributed by atoms with Gasteiger partial charge in [-0.05, 0) is 24.5 Å². The summed E-state index contributed by atoms with van der Waals surface area (Å²) < 4.78 is 38.3. The van der Waals surface area contributed by atoms with Gasteiger partial charge in [-0.2, -0.15) is 13.2 Å². The quantitative estimate of drug-likeness (QED) is 0.896. The Balaban J connectivity index is 1.64. The van der Waals surface area contributed by atoms with Crippen LogP contribution in [-0.4, -0.2) is 24.2 Å². The molecule has 1 amide bonds. The van der Waals surface area contributed by atoms with Crippen molar-refractivity contribution in [1.82, 2.24) is 5.32 Å². The summed E-state index contributed by atoms with van der Waals surface area (Å²) in [5.41, 5.74) is -0.00270. The highest BCUT2D eigenvalue weighted by atomic mass is 19.4. The van der Waals surface area contributed by atoms with Crippen LogP contribution < -0.4 is 10.6 Å². The average molecular weight is 284 g/mol. The molecule has 1 saturated carbocycles. The summed E-state index contributed by atoms with van der Waals surface area (Å²) in [7, 11) is 0. The fraction of sp³-hybridized carbons (Fsp3) is 0.500. The molecular formula is C14H15F3N2O. The molecule has 108 valence electrons. The number of anilines is 1. The minimum atomic E-state index is -4.35. The number of amides is 1. The summed E-state index contributed by atoms with van der Waals surface area (Å²) in [6.45, 7) is 0.589. The van der Waals surface area contributed by atoms with Crippen molar-refractivity contribution in [2.45, 2.75) is 36.9 Å². The van der Waals surface area contributed by atoms with Crippen LogP contribution in [0.4, 0.5) is 18.9 Å². The van der Waals surface area contributed by atoms with Crippen molar-refractivity contribution in [3.63, 3.8) is 0 Å². The Morgan fingerprint density at radius 3 is 2.70 bits per heavy atom. The number of para-hydroxylation sites is 1. The van der Waals surface area contributed by atoms with Crippen molar-refractivity contribution in [3.8, 4) is 0 Å². The Labute approximate surface area is 114 Å². The highest BCUT2D eigenvalue weighted by molar-refractivity contribution is 5.79. The van der Waals surface area contributed by atoms with E-state index in [1.807, 2.05) is 24.3 Å². The van der Waals surface area contributed by atoms with Crippen LogP contribution in [-0.2, 0) is 4.79 Å². The fourth-order valence-corrected chi connectivity index (χ4v) is 2.69. The van der Waals surface area contributed by atoms with E-state index in [9.17, 15) is 18.0 Å². The zero-order valence-electron chi connectivity index (χ0n) is 10.8. The predicted octanol–water partition coefficient (Wildman–Crippen LogP) is 2.80. The molecule has 2 aliphatic rings. The molecule has 1 heterocycles. The van der Waals surface area contributed by atoms with Gasteiger partial charge in [0.15, 0.2) is 0 Å². The Morgan fingerprint density at radius 2 is 2.05 bits per heavy atom. The molecule has 0 bridgehead atoms. The smallest absolute Gasteiger partial charge is 0.384 e. The molecule has 1 fully saturated rings. The second-order valence-electron chi connectivity index (χ2n) is 5.50. The minimum absolute atomic E-state index is 0.0122. The van der Waals surface area contributed by atoms with Gasteiger partial charge in [0, 0.05) is 24.6 Å². The van der Waals surface area contributed by atoms with Gasteiger partial charge in [0.05, 0.1) is 0 Å². The summed E-state index contributed by atoms with van der Waals surface area (Å²) >= 11 is 0. The van der Waals surface area contributed by atoms with E-state index in [2.05, 4.69) is 10.6 Å². The first kappa shape index (κ1) is 13.3. The Morgan fingerprint density at radius 1 is 1.35 bits per heavy atom. The molecule has 20 heavy (non-hydrogen) atoms. The van der Waals surface area contributed by atoms with Gasteiger partial charge in [0.25, 0.3) is 0 Å². The molecule has 0 saturated heterocycles. The molecule has 3 nitrogen and oxygen atoms in total. The maximum Gasteiger partial charge on any atom is 0.411 e. The minimum Gasteiger partial charge on any atom is -0.384 e. The summed E-state index contributed by atoms with van der Waals surface area (Å²) in [4.78, 5) is 11.9. The summed E-state index contributed by atoms with van der Waals surface area (Å²) in [5, 5.41) is 5.34. The molecule has 1 aliphatic carbocycles. The van der Waals surface area contributed by atoms with E-state index < -0.39 is 17.6 Å². The zero-order valence-corrected chi connectivity index (χ0v) is 10.8. The maximum absolute atomic E-state index is 12.8. The number of carbonyl (C=O) groups is 1. The zero-order chi connectivity index (χ0) is 14.4. The largest absolute Gasteiger partial charge is 0.411 e. The molecule has 1 atom stereocenters. The van der Waals surface area contributed by atoms with Crippen LogP contribution in [0.25, 0.3) is 0 Å². The van der Waals surface area contributed by atoms with Gasteiger partial charge in [-0.3, -0.25) is 4.79 Å². The van der Waals surface area contributed by atoms with E-state index in [-0.39, 0.29) is 25.2 Å². The SMILES string of the molecule is O=C(CC1CNc2ccccc21)NC1(C(F)(F)F)CC1. The Hall–Kier alpha value is -1.72. The second kappa shape index (κ2) is 4.40. The molecular weight excluding hydrogens is 269 g/mol. The monoisotopic (exact) mass is 284 g/mol. The van der Waals surface area contributed by atoms with Crippen molar-refractivity contribution < 1.29 is 18.0 Å². The number of halogens is 3. The van der Waals surface area contributed by atoms with Crippen LogP contribution >= 0.6 is 0 Å². The van der Waals surface area contributed by atoms with Crippen molar-refractivity contribution in [2.75, 3.05) is 11.9 Å². The van der Waals surface area contributed by atoms with E-state index >= 15 is 0 Å². The lowest BCUT2D eigenvalue weighted by Crippen LogP contribution is -2.48. The van der Waals surface area contributed by atoms with Crippen LogP contribution in [0.2, 0.25) is 0 Å². The first-order valence-corrected chi connectivity index (χ1v) is 6.62. The first-order chi connectivity index (χ1) is 9.41.